The molecular formula is C13H16N2O3S. The van der Waals surface area contributed by atoms with Crippen LogP contribution in [0.5, 0.6) is 0 Å². The third kappa shape index (κ3) is 3.09. The minimum atomic E-state index is -3.67. The second-order valence-electron chi connectivity index (χ2n) is 4.54. The number of benzene rings is 1. The van der Waals surface area contributed by atoms with Crippen molar-refractivity contribution in [3.8, 4) is 0 Å². The van der Waals surface area contributed by atoms with Gasteiger partial charge in [0.05, 0.1) is 11.6 Å². The number of aromatic nitrogens is 1. The number of nitrogens with one attached hydrogen (secondary N) is 1. The highest BCUT2D eigenvalue weighted by Crippen LogP contribution is 2.21. The second kappa shape index (κ2) is 5.24. The Bertz CT molecular complexity index is 696. The molecule has 0 saturated heterocycles. The minimum absolute atomic E-state index is 0.0232. The minimum Gasteiger partial charge on any atom is -0.392 e. The summed E-state index contributed by atoms with van der Waals surface area (Å²) in [6, 6.07) is 6.90. The first-order valence-electron chi connectivity index (χ1n) is 5.93. The van der Waals surface area contributed by atoms with Crippen molar-refractivity contribution in [3.63, 3.8) is 0 Å². The largest absolute Gasteiger partial charge is 0.392 e. The molecule has 2 aromatic rings. The van der Waals surface area contributed by atoms with Gasteiger partial charge in [-0.25, -0.2) is 13.1 Å². The molecule has 0 amide bonds. The van der Waals surface area contributed by atoms with Crippen LogP contribution in [0.2, 0.25) is 0 Å². The number of hydrogen-bond donors (Lipinski definition) is 2. The summed E-state index contributed by atoms with van der Waals surface area (Å²) in [6.45, 7) is 3.40. The molecule has 0 fully saturated rings. The number of para-hydroxylation sites is 1. The third-order valence-corrected chi connectivity index (χ3v) is 4.12. The predicted molar refractivity (Wildman–Crippen MR) is 73.3 cm³/mol. The number of rotatable bonds is 4. The van der Waals surface area contributed by atoms with Gasteiger partial charge in [0.2, 0.25) is 10.0 Å². The molecule has 5 nitrogen and oxygen atoms in total. The lowest BCUT2D eigenvalue weighted by molar-refractivity contribution is 0.198. The fraction of sp³-hybridized carbons (Fsp3) is 0.308. The van der Waals surface area contributed by atoms with Crippen molar-refractivity contribution in [1.82, 2.24) is 9.71 Å². The molecule has 2 N–H and O–H groups in total. The van der Waals surface area contributed by atoms with Gasteiger partial charge in [-0.2, -0.15) is 0 Å². The topological polar surface area (TPSA) is 79.3 Å². The number of aryl methyl sites for hydroxylation is 1. The van der Waals surface area contributed by atoms with Crippen LogP contribution in [0.3, 0.4) is 0 Å². The lowest BCUT2D eigenvalue weighted by Gasteiger charge is -2.10. The van der Waals surface area contributed by atoms with E-state index in [2.05, 4.69) is 9.71 Å². The van der Waals surface area contributed by atoms with Gasteiger partial charge >= 0.3 is 0 Å². The van der Waals surface area contributed by atoms with Crippen LogP contribution in [0.4, 0.5) is 0 Å². The highest BCUT2D eigenvalue weighted by Gasteiger charge is 2.18. The van der Waals surface area contributed by atoms with E-state index in [0.717, 1.165) is 10.9 Å². The van der Waals surface area contributed by atoms with E-state index < -0.39 is 16.1 Å². The average Bonchev–Trinajstić information content (AvgIpc) is 2.35. The van der Waals surface area contributed by atoms with Crippen LogP contribution in [-0.2, 0) is 10.0 Å². The normalized spacial score (nSPS) is 13.6. The van der Waals surface area contributed by atoms with E-state index >= 15 is 0 Å². The molecular weight excluding hydrogens is 264 g/mol. The maximum Gasteiger partial charge on any atom is 0.242 e. The summed E-state index contributed by atoms with van der Waals surface area (Å²) in [5, 5.41) is 9.95. The smallest absolute Gasteiger partial charge is 0.242 e. The Kier molecular flexibility index (Phi) is 3.84. The van der Waals surface area contributed by atoms with Crippen molar-refractivity contribution < 1.29 is 13.5 Å². The predicted octanol–water partition coefficient (Wildman–Crippen LogP) is 1.20. The zero-order valence-corrected chi connectivity index (χ0v) is 11.6. The van der Waals surface area contributed by atoms with Crippen LogP contribution in [0.15, 0.2) is 35.4 Å². The van der Waals surface area contributed by atoms with Gasteiger partial charge in [-0.15, -0.1) is 0 Å². The summed E-state index contributed by atoms with van der Waals surface area (Å²) in [6.07, 6.45) is 0.899. The van der Waals surface area contributed by atoms with Gasteiger partial charge in [-0.3, -0.25) is 4.98 Å². The first-order valence-corrected chi connectivity index (χ1v) is 7.41. The van der Waals surface area contributed by atoms with Gasteiger partial charge in [0.15, 0.2) is 0 Å². The van der Waals surface area contributed by atoms with Crippen LogP contribution in [0.25, 0.3) is 10.9 Å². The molecule has 0 aliphatic heterocycles. The van der Waals surface area contributed by atoms with Crippen LogP contribution in [0.1, 0.15) is 12.5 Å². The zero-order valence-electron chi connectivity index (χ0n) is 10.8. The number of aliphatic hydroxyl groups excluding tert-OH is 1. The number of sulfonamides is 1. The summed E-state index contributed by atoms with van der Waals surface area (Å²) in [4.78, 5) is 4.32. The maximum absolute atomic E-state index is 12.2. The van der Waals surface area contributed by atoms with Crippen molar-refractivity contribution in [2.24, 2.45) is 0 Å². The second-order valence-corrected chi connectivity index (χ2v) is 6.28. The Hall–Kier alpha value is -1.50. The Morgan fingerprint density at radius 1 is 1.42 bits per heavy atom. The monoisotopic (exact) mass is 280 g/mol. The summed E-state index contributed by atoms with van der Waals surface area (Å²) in [7, 11) is -3.67. The molecule has 0 bridgehead atoms. The quantitative estimate of drug-likeness (QED) is 0.882. The van der Waals surface area contributed by atoms with E-state index in [4.69, 9.17) is 5.11 Å². The molecule has 102 valence electrons. The Labute approximate surface area is 112 Å². The number of hydrogen-bond acceptors (Lipinski definition) is 4. The van der Waals surface area contributed by atoms with Crippen molar-refractivity contribution in [2.45, 2.75) is 24.8 Å². The van der Waals surface area contributed by atoms with Gasteiger partial charge in [0, 0.05) is 18.1 Å². The Morgan fingerprint density at radius 2 is 2.16 bits per heavy atom. The first kappa shape index (κ1) is 13.9. The molecule has 6 heteroatoms. The van der Waals surface area contributed by atoms with Crippen LogP contribution in [0, 0.1) is 6.92 Å². The number of pyridine rings is 1. The molecule has 0 radical (unpaired) electrons. The van der Waals surface area contributed by atoms with Gasteiger partial charge in [0.1, 0.15) is 4.90 Å². The van der Waals surface area contributed by atoms with E-state index in [-0.39, 0.29) is 11.4 Å². The van der Waals surface area contributed by atoms with Gasteiger partial charge < -0.3 is 5.11 Å². The Morgan fingerprint density at radius 3 is 2.84 bits per heavy atom. The number of nitrogens with zero attached hydrogens (tertiary/aromatic N) is 1. The highest BCUT2D eigenvalue weighted by atomic mass is 32.2. The SMILES string of the molecule is Cc1cnc2c(S(=O)(=O)NC[C@H](C)O)cccc2c1. The molecule has 1 atom stereocenters. The number of aliphatic hydroxyl groups is 1. The van der Waals surface area contributed by atoms with Crippen LogP contribution in [-0.4, -0.2) is 31.2 Å². The van der Waals surface area contributed by atoms with Crippen molar-refractivity contribution in [1.29, 1.82) is 0 Å². The number of fused-ring (bicyclic) bond motifs is 1. The zero-order chi connectivity index (χ0) is 14.0. The molecule has 1 aromatic heterocycles. The van der Waals surface area contributed by atoms with Crippen molar-refractivity contribution in [3.05, 3.63) is 36.0 Å². The molecule has 0 saturated carbocycles. The van der Waals surface area contributed by atoms with Crippen LogP contribution < -0.4 is 4.72 Å². The lowest BCUT2D eigenvalue weighted by atomic mass is 10.2. The standard InChI is InChI=1S/C13H16N2O3S/c1-9-6-11-4-3-5-12(13(11)14-7-9)19(17,18)15-8-10(2)16/h3-7,10,15-16H,8H2,1-2H3/t10-/m0/s1. The van der Waals surface area contributed by atoms with E-state index in [1.54, 1.807) is 12.3 Å². The summed E-state index contributed by atoms with van der Waals surface area (Å²) < 4.78 is 26.7. The van der Waals surface area contributed by atoms with Crippen molar-refractivity contribution in [2.75, 3.05) is 6.54 Å². The first-order chi connectivity index (χ1) is 8.90. The van der Waals surface area contributed by atoms with E-state index in [9.17, 15) is 8.42 Å². The van der Waals surface area contributed by atoms with Gasteiger partial charge in [-0.1, -0.05) is 12.1 Å². The highest BCUT2D eigenvalue weighted by molar-refractivity contribution is 7.89. The van der Waals surface area contributed by atoms with Gasteiger partial charge in [0.25, 0.3) is 0 Å². The van der Waals surface area contributed by atoms with E-state index in [0.29, 0.717) is 5.52 Å². The Balaban J connectivity index is 2.50. The average molecular weight is 280 g/mol. The van der Waals surface area contributed by atoms with Crippen LogP contribution >= 0.6 is 0 Å². The van der Waals surface area contributed by atoms with Gasteiger partial charge in [-0.05, 0) is 31.5 Å². The van der Waals surface area contributed by atoms with Crippen molar-refractivity contribution >= 4 is 20.9 Å². The lowest BCUT2D eigenvalue weighted by Crippen LogP contribution is -2.30. The summed E-state index contributed by atoms with van der Waals surface area (Å²) in [5.74, 6) is 0. The fourth-order valence-corrected chi connectivity index (χ4v) is 3.07. The summed E-state index contributed by atoms with van der Waals surface area (Å²) >= 11 is 0. The van der Waals surface area contributed by atoms with E-state index in [1.165, 1.54) is 13.0 Å². The fourth-order valence-electron chi connectivity index (χ4n) is 1.77. The molecule has 1 heterocycles. The molecule has 0 aliphatic carbocycles. The molecule has 19 heavy (non-hydrogen) atoms. The molecule has 0 unspecified atom stereocenters. The summed E-state index contributed by atoms with van der Waals surface area (Å²) in [5.41, 5.74) is 1.41. The van der Waals surface area contributed by atoms with E-state index in [1.807, 2.05) is 19.1 Å². The maximum atomic E-state index is 12.2. The molecule has 1 aromatic carbocycles. The molecule has 2 rings (SSSR count). The molecule has 0 spiro atoms. The molecule has 0 aliphatic rings. The third-order valence-electron chi connectivity index (χ3n) is 2.67.